The van der Waals surface area contributed by atoms with Gasteiger partial charge in [0.25, 0.3) is 0 Å². The van der Waals surface area contributed by atoms with Crippen LogP contribution < -0.4 is 10.6 Å². The van der Waals surface area contributed by atoms with E-state index in [0.717, 1.165) is 44.1 Å². The summed E-state index contributed by atoms with van der Waals surface area (Å²) in [5, 5.41) is 15.8. The van der Waals surface area contributed by atoms with Gasteiger partial charge in [-0.25, -0.2) is 4.79 Å². The van der Waals surface area contributed by atoms with Gasteiger partial charge >= 0.3 is 6.09 Å². The molecule has 0 aromatic heterocycles. The number of carbonyl (C=O) groups excluding carboxylic acids is 3. The van der Waals surface area contributed by atoms with E-state index in [1.165, 1.54) is 4.90 Å². The van der Waals surface area contributed by atoms with Gasteiger partial charge in [0.15, 0.2) is 0 Å². The van der Waals surface area contributed by atoms with Crippen molar-refractivity contribution in [3.8, 4) is 0 Å². The van der Waals surface area contributed by atoms with E-state index in [1.807, 2.05) is 38.1 Å². The molecule has 8 heteroatoms. The lowest BCUT2D eigenvalue weighted by molar-refractivity contribution is -0.143. The summed E-state index contributed by atoms with van der Waals surface area (Å²) in [5.41, 5.74) is 1.08. The molecule has 1 aromatic carbocycles. The van der Waals surface area contributed by atoms with Gasteiger partial charge in [0.2, 0.25) is 11.8 Å². The highest BCUT2D eigenvalue weighted by atomic mass is 16.6. The number of hydrogen-bond acceptors (Lipinski definition) is 5. The second kappa shape index (κ2) is 14.4. The number of ether oxygens (including phenoxy) is 1. The zero-order valence-corrected chi connectivity index (χ0v) is 23.5. The van der Waals surface area contributed by atoms with Gasteiger partial charge < -0.3 is 25.4 Å². The molecule has 2 atom stereocenters. The normalized spacial score (nSPS) is 16.1. The summed E-state index contributed by atoms with van der Waals surface area (Å²) in [6, 6.07) is 5.91. The van der Waals surface area contributed by atoms with Gasteiger partial charge in [0.05, 0.1) is 6.61 Å². The molecule has 8 nitrogen and oxygen atoms in total. The minimum absolute atomic E-state index is 0.0400. The fourth-order valence-corrected chi connectivity index (χ4v) is 4.75. The largest absolute Gasteiger partial charge is 0.444 e. The Kier molecular flexibility index (Phi) is 11.9. The van der Waals surface area contributed by atoms with Gasteiger partial charge in [0.1, 0.15) is 17.7 Å². The first kappa shape index (κ1) is 30.6. The second-order valence-electron chi connectivity index (χ2n) is 11.4. The van der Waals surface area contributed by atoms with Crippen molar-refractivity contribution in [1.29, 1.82) is 0 Å². The van der Waals surface area contributed by atoms with Crippen LogP contribution in [0.1, 0.15) is 97.2 Å². The third kappa shape index (κ3) is 9.99. The van der Waals surface area contributed by atoms with Crippen LogP contribution in [-0.4, -0.2) is 58.8 Å². The first-order valence-electron chi connectivity index (χ1n) is 13.7. The van der Waals surface area contributed by atoms with Crippen molar-refractivity contribution >= 4 is 17.9 Å². The van der Waals surface area contributed by atoms with E-state index >= 15 is 0 Å². The molecule has 2 unspecified atom stereocenters. The average Bonchev–Trinajstić information content (AvgIpc) is 2.82. The number of hydrogen-bond donors (Lipinski definition) is 3. The lowest BCUT2D eigenvalue weighted by Crippen LogP contribution is -2.54. The molecule has 0 aliphatic heterocycles. The molecule has 3 amide bonds. The monoisotopic (exact) mass is 517 g/mol. The number of carbonyl (C=O) groups is 3. The Hall–Kier alpha value is -2.61. The summed E-state index contributed by atoms with van der Waals surface area (Å²) < 4.78 is 5.41. The minimum Gasteiger partial charge on any atom is -0.444 e. The smallest absolute Gasteiger partial charge is 0.408 e. The van der Waals surface area contributed by atoms with Crippen LogP contribution in [0, 0.1) is 5.92 Å². The lowest BCUT2D eigenvalue weighted by Gasteiger charge is -2.35. The standard InChI is InChI=1S/C29H47N3O5/c1-7-21-13-15-22(16-14-21)25(26(34)30-23-11-9-8-10-12-23)32(17-18-33)27(35)24(19-20(2)3)31-28(36)37-29(4,5)6/h13-16,20,23-25,33H,7-12,17-19H2,1-6H3,(H,30,34)(H,31,36). The summed E-state index contributed by atoms with van der Waals surface area (Å²) in [4.78, 5) is 41.7. The van der Waals surface area contributed by atoms with E-state index in [9.17, 15) is 19.5 Å². The topological polar surface area (TPSA) is 108 Å². The molecule has 0 heterocycles. The second-order valence-corrected chi connectivity index (χ2v) is 11.4. The minimum atomic E-state index is -0.928. The molecule has 3 N–H and O–H groups in total. The summed E-state index contributed by atoms with van der Waals surface area (Å²) in [6.07, 6.45) is 5.66. The van der Waals surface area contributed by atoms with E-state index in [4.69, 9.17) is 4.74 Å². The highest BCUT2D eigenvalue weighted by Gasteiger charge is 2.37. The molecule has 208 valence electrons. The van der Waals surface area contributed by atoms with Gasteiger partial charge in [-0.1, -0.05) is 64.3 Å². The molecule has 0 saturated heterocycles. The molecule has 0 bridgehead atoms. The Morgan fingerprint density at radius 3 is 2.22 bits per heavy atom. The zero-order valence-electron chi connectivity index (χ0n) is 23.5. The van der Waals surface area contributed by atoms with E-state index < -0.39 is 29.7 Å². The number of benzene rings is 1. The van der Waals surface area contributed by atoms with Gasteiger partial charge in [-0.2, -0.15) is 0 Å². The van der Waals surface area contributed by atoms with Crippen molar-refractivity contribution in [2.75, 3.05) is 13.2 Å². The van der Waals surface area contributed by atoms with E-state index in [1.54, 1.807) is 20.8 Å². The lowest BCUT2D eigenvalue weighted by atomic mass is 9.94. The van der Waals surface area contributed by atoms with Crippen molar-refractivity contribution in [3.63, 3.8) is 0 Å². The van der Waals surface area contributed by atoms with Gasteiger partial charge in [0, 0.05) is 12.6 Å². The first-order valence-corrected chi connectivity index (χ1v) is 13.7. The Balaban J connectivity index is 2.42. The van der Waals surface area contributed by atoms with Crippen molar-refractivity contribution in [2.24, 2.45) is 5.92 Å². The van der Waals surface area contributed by atoms with Gasteiger partial charge in [-0.3, -0.25) is 9.59 Å². The molecule has 1 fully saturated rings. The van der Waals surface area contributed by atoms with Crippen LogP contribution in [0.4, 0.5) is 4.79 Å². The SMILES string of the molecule is CCc1ccc(C(C(=O)NC2CCCCC2)N(CCO)C(=O)C(CC(C)C)NC(=O)OC(C)(C)C)cc1. The van der Waals surface area contributed by atoms with Crippen LogP contribution in [0.15, 0.2) is 24.3 Å². The molecule has 1 aliphatic rings. The highest BCUT2D eigenvalue weighted by molar-refractivity contribution is 5.92. The number of nitrogens with zero attached hydrogens (tertiary/aromatic N) is 1. The maximum absolute atomic E-state index is 14.0. The number of nitrogens with one attached hydrogen (secondary N) is 2. The van der Waals surface area contributed by atoms with Crippen molar-refractivity contribution in [3.05, 3.63) is 35.4 Å². The summed E-state index contributed by atoms with van der Waals surface area (Å²) in [5.74, 6) is -0.589. The van der Waals surface area contributed by atoms with Crippen LogP contribution in [0.3, 0.4) is 0 Å². The predicted octanol–water partition coefficient (Wildman–Crippen LogP) is 4.50. The third-order valence-electron chi connectivity index (χ3n) is 6.54. The van der Waals surface area contributed by atoms with E-state index in [2.05, 4.69) is 17.6 Å². The van der Waals surface area contributed by atoms with Gasteiger partial charge in [-0.05, 0) is 63.5 Å². The molecule has 0 spiro atoms. The number of aliphatic hydroxyl groups is 1. The van der Waals surface area contributed by atoms with Crippen LogP contribution in [0.5, 0.6) is 0 Å². The molecular formula is C29H47N3O5. The summed E-state index contributed by atoms with van der Waals surface area (Å²) >= 11 is 0. The first-order chi connectivity index (χ1) is 17.4. The summed E-state index contributed by atoms with van der Waals surface area (Å²) in [6.45, 7) is 10.9. The number of aliphatic hydroxyl groups excluding tert-OH is 1. The number of alkyl carbamates (subject to hydrolysis) is 1. The highest BCUT2D eigenvalue weighted by Crippen LogP contribution is 2.26. The predicted molar refractivity (Wildman–Crippen MR) is 145 cm³/mol. The van der Waals surface area contributed by atoms with Crippen LogP contribution in [-0.2, 0) is 20.7 Å². The third-order valence-corrected chi connectivity index (χ3v) is 6.54. The quantitative estimate of drug-likeness (QED) is 0.401. The summed E-state index contributed by atoms with van der Waals surface area (Å²) in [7, 11) is 0. The van der Waals surface area contributed by atoms with Crippen molar-refractivity contribution in [1.82, 2.24) is 15.5 Å². The zero-order chi connectivity index (χ0) is 27.6. The van der Waals surface area contributed by atoms with Crippen LogP contribution >= 0.6 is 0 Å². The molecule has 1 aliphatic carbocycles. The molecule has 1 aromatic rings. The fraction of sp³-hybridized carbons (Fsp3) is 0.690. The fourth-order valence-electron chi connectivity index (χ4n) is 4.75. The molecule has 0 radical (unpaired) electrons. The molecule has 2 rings (SSSR count). The van der Waals surface area contributed by atoms with E-state index in [-0.39, 0.29) is 31.0 Å². The maximum atomic E-state index is 14.0. The van der Waals surface area contributed by atoms with Gasteiger partial charge in [-0.15, -0.1) is 0 Å². The Morgan fingerprint density at radius 1 is 1.08 bits per heavy atom. The Morgan fingerprint density at radius 2 is 1.70 bits per heavy atom. The van der Waals surface area contributed by atoms with Crippen molar-refractivity contribution in [2.45, 2.75) is 110 Å². The number of rotatable bonds is 11. The van der Waals surface area contributed by atoms with Crippen LogP contribution in [0.2, 0.25) is 0 Å². The number of amides is 3. The maximum Gasteiger partial charge on any atom is 0.408 e. The molecule has 37 heavy (non-hydrogen) atoms. The van der Waals surface area contributed by atoms with E-state index in [0.29, 0.717) is 12.0 Å². The Bertz CT molecular complexity index is 873. The Labute approximate surface area is 222 Å². The van der Waals surface area contributed by atoms with Crippen LogP contribution in [0.25, 0.3) is 0 Å². The molecule has 1 saturated carbocycles. The average molecular weight is 518 g/mol. The molecular weight excluding hydrogens is 470 g/mol. The number of aryl methyl sites for hydroxylation is 1. The van der Waals surface area contributed by atoms with Crippen molar-refractivity contribution < 1.29 is 24.2 Å².